The van der Waals surface area contributed by atoms with Gasteiger partial charge in [0, 0.05) is 0 Å². The minimum atomic E-state index is -6.66. The summed E-state index contributed by atoms with van der Waals surface area (Å²) in [5.41, 5.74) is 0. The summed E-state index contributed by atoms with van der Waals surface area (Å²) >= 11 is 0. The quantitative estimate of drug-likeness (QED) is 0.558. The molecule has 5 heteroatoms. The molecule has 4 nitrogen and oxygen atoms in total. The van der Waals surface area contributed by atoms with Gasteiger partial charge in [0.05, 0.1) is 0 Å². The fourth-order valence-electron chi connectivity index (χ4n) is 3.31. The van der Waals surface area contributed by atoms with E-state index in [0.29, 0.717) is 20.9 Å². The van der Waals surface area contributed by atoms with Gasteiger partial charge in [0.2, 0.25) is 0 Å². The Morgan fingerprint density at radius 2 is 0.630 bits per heavy atom. The molecule has 0 saturated carbocycles. The third kappa shape index (κ3) is 1.52. The monoisotopic (exact) mass is 406 g/mol. The maximum atomic E-state index is 13.3. The normalized spacial score (nSPS) is 15.2. The van der Waals surface area contributed by atoms with Crippen LogP contribution in [0.25, 0.3) is 0 Å². The number of hydrogen-bond acceptors (Lipinski definition) is 4. The molecule has 3 aromatic rings. The molecule has 0 bridgehead atoms. The summed E-state index contributed by atoms with van der Waals surface area (Å²) in [6, 6.07) is 23.7. The molecule has 0 aromatic heterocycles. The zero-order chi connectivity index (χ0) is 19.5. The van der Waals surface area contributed by atoms with Crippen LogP contribution in [0.4, 0.5) is 0 Å². The molecule has 0 unspecified atom stereocenters. The van der Waals surface area contributed by atoms with Crippen molar-refractivity contribution in [3.63, 3.8) is 0 Å². The Morgan fingerprint density at radius 3 is 0.815 bits per heavy atom. The predicted octanol–water partition coefficient (Wildman–Crippen LogP) is 1.48. The van der Waals surface area contributed by atoms with Gasteiger partial charge in [-0.3, -0.25) is 0 Å². The summed E-state index contributed by atoms with van der Waals surface area (Å²) in [5.74, 6) is 0. The zero-order valence-corrected chi connectivity index (χ0v) is 15.5. The second-order valence-electron chi connectivity index (χ2n) is 6.20. The van der Waals surface area contributed by atoms with Crippen molar-refractivity contribution in [1.82, 2.24) is 0 Å². The van der Waals surface area contributed by atoms with Gasteiger partial charge in [0.25, 0.3) is 0 Å². The molecule has 0 heterocycles. The van der Waals surface area contributed by atoms with Crippen LogP contribution in [0.5, 0.6) is 0 Å². The molecule has 3 rings (SSSR count). The number of benzene rings is 3. The van der Waals surface area contributed by atoms with Gasteiger partial charge >= 0.3 is 154 Å². The second-order valence-corrected chi connectivity index (χ2v) is 15.4. The van der Waals surface area contributed by atoms with Crippen LogP contribution in [0.3, 0.4) is 0 Å². The Kier molecular flexibility index (Phi) is 3.58. The number of carbonyl (C=O) groups excluding carboxylic acids is 4. The van der Waals surface area contributed by atoms with Crippen molar-refractivity contribution in [2.24, 2.45) is 0 Å². The first-order valence-electron chi connectivity index (χ1n) is 7.94. The van der Waals surface area contributed by atoms with Crippen molar-refractivity contribution in [3.8, 4) is 0 Å². The van der Waals surface area contributed by atoms with Gasteiger partial charge in [0.15, 0.2) is 0 Å². The van der Waals surface area contributed by atoms with Crippen molar-refractivity contribution >= 4 is 34.4 Å². The summed E-state index contributed by atoms with van der Waals surface area (Å²) in [7, 11) is -6.66. The molecule has 0 spiro atoms. The summed E-state index contributed by atoms with van der Waals surface area (Å²) in [5, 5.41) is 1.23. The van der Waals surface area contributed by atoms with E-state index in [4.69, 9.17) is 0 Å². The van der Waals surface area contributed by atoms with Gasteiger partial charge < -0.3 is 0 Å². The van der Waals surface area contributed by atoms with E-state index in [0.717, 1.165) is 0 Å². The molecule has 140 valence electrons. The fourth-order valence-corrected chi connectivity index (χ4v) is 10.4. The SMILES string of the molecule is O=[CH][Co]([CH]=O)([CH]=O)([CH]=O)([c]1ccccc1)([c]1ccccc1)[c]1ccccc1. The second kappa shape index (κ2) is 5.19. The number of rotatable bonds is 7. The van der Waals surface area contributed by atoms with Gasteiger partial charge in [-0.25, -0.2) is 0 Å². The maximum absolute atomic E-state index is 13.3. The number of carbonyl (C=O) groups is 4. The van der Waals surface area contributed by atoms with E-state index in [-0.39, 0.29) is 13.5 Å². The molecule has 0 saturated heterocycles. The molecule has 0 atom stereocenters. The van der Waals surface area contributed by atoms with Crippen molar-refractivity contribution < 1.29 is 28.7 Å². The van der Waals surface area contributed by atoms with Crippen LogP contribution >= 0.6 is 0 Å². The van der Waals surface area contributed by atoms with Gasteiger partial charge in [-0.1, -0.05) is 0 Å². The Bertz CT molecular complexity index is 909. The van der Waals surface area contributed by atoms with Crippen molar-refractivity contribution in [2.75, 3.05) is 0 Å². The molecule has 0 aliphatic heterocycles. The third-order valence-corrected chi connectivity index (χ3v) is 15.3. The average molecular weight is 406 g/mol. The van der Waals surface area contributed by atoms with E-state index < -0.39 is 9.49 Å². The Labute approximate surface area is 154 Å². The molecule has 0 aliphatic rings. The Morgan fingerprint density at radius 1 is 0.407 bits per heavy atom. The van der Waals surface area contributed by atoms with E-state index in [1.165, 1.54) is 36.4 Å². The molecule has 0 aliphatic carbocycles. The average Bonchev–Trinajstić information content (AvgIpc) is 2.80. The summed E-state index contributed by atoms with van der Waals surface area (Å²) in [6.07, 6.45) is 0. The summed E-state index contributed by atoms with van der Waals surface area (Å²) < 4.78 is 0.207. The van der Waals surface area contributed by atoms with Crippen molar-refractivity contribution in [1.29, 1.82) is 0 Å². The Balaban J connectivity index is 2.94. The molecular formula is C22H19CoO4. The van der Waals surface area contributed by atoms with E-state index >= 15 is 0 Å². The molecule has 3 aromatic carbocycles. The molecule has 0 radical (unpaired) electrons. The minimum absolute atomic E-state index is 0.0690. The molecular weight excluding hydrogens is 387 g/mol. The topological polar surface area (TPSA) is 68.3 Å². The first kappa shape index (κ1) is 18.6. The molecule has 27 heavy (non-hydrogen) atoms. The molecule has 0 amide bonds. The predicted molar refractivity (Wildman–Crippen MR) is 105 cm³/mol. The van der Waals surface area contributed by atoms with E-state index in [2.05, 4.69) is 0 Å². The van der Waals surface area contributed by atoms with Crippen LogP contribution in [-0.4, -0.2) is 20.9 Å². The third-order valence-electron chi connectivity index (χ3n) is 5.08. The van der Waals surface area contributed by atoms with E-state index in [1.54, 1.807) is 54.6 Å². The van der Waals surface area contributed by atoms with Crippen LogP contribution in [0.15, 0.2) is 91.0 Å². The fraction of sp³-hybridized carbons (Fsp3) is 0. The van der Waals surface area contributed by atoms with Gasteiger partial charge in [0.1, 0.15) is 0 Å². The van der Waals surface area contributed by atoms with Crippen LogP contribution in [0, 0.1) is 0 Å². The van der Waals surface area contributed by atoms with Gasteiger partial charge in [-0.15, -0.1) is 0 Å². The zero-order valence-electron chi connectivity index (χ0n) is 14.4. The van der Waals surface area contributed by atoms with Gasteiger partial charge in [-0.05, 0) is 0 Å². The van der Waals surface area contributed by atoms with Gasteiger partial charge in [-0.2, -0.15) is 0 Å². The van der Waals surface area contributed by atoms with E-state index in [9.17, 15) is 19.2 Å². The first-order valence-corrected chi connectivity index (χ1v) is 11.9. The van der Waals surface area contributed by atoms with Crippen LogP contribution in [0.2, 0.25) is 0 Å². The summed E-state index contributed by atoms with van der Waals surface area (Å²) in [6.45, 7) is 0. The number of hydrogen-bond donors (Lipinski definition) is 0. The molecule has 0 N–H and O–H groups in total. The van der Waals surface area contributed by atoms with Crippen molar-refractivity contribution in [2.45, 2.75) is 0 Å². The first-order chi connectivity index (χ1) is 13.0. The van der Waals surface area contributed by atoms with Crippen molar-refractivity contribution in [3.05, 3.63) is 91.0 Å². The van der Waals surface area contributed by atoms with E-state index in [1.807, 2.05) is 0 Å². The Hall–Kier alpha value is -3.15. The van der Waals surface area contributed by atoms with Crippen LogP contribution < -0.4 is 13.5 Å². The standard InChI is InChI=1S/3C6H5.4CHO.Co/c3*1-2-4-6-5-3-1;4*1-2;/h3*1-5H;4*1H;. The summed E-state index contributed by atoms with van der Waals surface area (Å²) in [4.78, 5) is 53.0. The van der Waals surface area contributed by atoms with Crippen LogP contribution in [0.1, 0.15) is 0 Å². The van der Waals surface area contributed by atoms with Crippen LogP contribution in [-0.2, 0) is 28.7 Å². The molecule has 0 fully saturated rings.